The van der Waals surface area contributed by atoms with Crippen LogP contribution in [0.2, 0.25) is 0 Å². The standard InChI is InChI=1S/C20H20F3N5O3/c1-10-5-15-16(31-9-30-15)7-13(10)25-18-24-8-14-17(26-18)28(19(29)27(14)4)12(3)6-11(2)20(21,22)23/h5,7-8,11H,3,6,9H2,1-2,4H3,(H,24,25,26). The van der Waals surface area contributed by atoms with Gasteiger partial charge in [0.15, 0.2) is 17.1 Å². The number of nitrogens with zero attached hydrogens (tertiary/aromatic N) is 4. The molecule has 1 atom stereocenters. The van der Waals surface area contributed by atoms with Crippen molar-refractivity contribution in [1.29, 1.82) is 0 Å². The molecule has 0 saturated heterocycles. The number of hydrogen-bond donors (Lipinski definition) is 1. The van der Waals surface area contributed by atoms with Gasteiger partial charge in [-0.05, 0) is 25.0 Å². The lowest BCUT2D eigenvalue weighted by atomic mass is 10.1. The molecule has 31 heavy (non-hydrogen) atoms. The molecule has 3 aromatic rings. The van der Waals surface area contributed by atoms with Crippen LogP contribution in [-0.2, 0) is 7.05 Å². The number of halogens is 3. The Kier molecular flexibility index (Phi) is 4.91. The number of rotatable bonds is 5. The van der Waals surface area contributed by atoms with E-state index >= 15 is 0 Å². The molecule has 0 saturated carbocycles. The topological polar surface area (TPSA) is 83.2 Å². The Morgan fingerprint density at radius 3 is 2.68 bits per heavy atom. The van der Waals surface area contributed by atoms with Gasteiger partial charge in [-0.25, -0.2) is 14.3 Å². The number of ether oxygens (including phenoxy) is 2. The quantitative estimate of drug-likeness (QED) is 0.653. The van der Waals surface area contributed by atoms with Gasteiger partial charge in [-0.15, -0.1) is 0 Å². The second-order valence-electron chi connectivity index (χ2n) is 7.44. The van der Waals surface area contributed by atoms with E-state index in [0.717, 1.165) is 17.1 Å². The summed E-state index contributed by atoms with van der Waals surface area (Å²) in [7, 11) is 1.50. The number of alkyl halides is 3. The molecular formula is C20H20F3N5O3. The number of imidazole rings is 1. The maximum atomic E-state index is 13.0. The van der Waals surface area contributed by atoms with E-state index in [4.69, 9.17) is 9.47 Å². The monoisotopic (exact) mass is 435 g/mol. The molecule has 11 heteroatoms. The Balaban J connectivity index is 1.71. The Bertz CT molecular complexity index is 1250. The molecule has 8 nitrogen and oxygen atoms in total. The molecule has 3 heterocycles. The Morgan fingerprint density at radius 2 is 2.00 bits per heavy atom. The van der Waals surface area contributed by atoms with Gasteiger partial charge in [0, 0.05) is 24.5 Å². The molecule has 0 aliphatic carbocycles. The average Bonchev–Trinajstić information content (AvgIpc) is 3.23. The Morgan fingerprint density at radius 1 is 1.32 bits per heavy atom. The highest BCUT2D eigenvalue weighted by Gasteiger charge is 2.36. The molecule has 4 rings (SSSR count). The number of aromatic nitrogens is 4. The molecule has 1 aromatic carbocycles. The molecule has 0 spiro atoms. The van der Waals surface area contributed by atoms with Crippen molar-refractivity contribution in [3.63, 3.8) is 0 Å². The first-order valence-corrected chi connectivity index (χ1v) is 9.43. The summed E-state index contributed by atoms with van der Waals surface area (Å²) >= 11 is 0. The highest BCUT2D eigenvalue weighted by atomic mass is 19.4. The minimum absolute atomic E-state index is 0.00401. The lowest BCUT2D eigenvalue weighted by Crippen LogP contribution is -2.25. The summed E-state index contributed by atoms with van der Waals surface area (Å²) in [6.07, 6.45) is -3.39. The Hall–Kier alpha value is -3.50. The van der Waals surface area contributed by atoms with Crippen molar-refractivity contribution in [2.75, 3.05) is 12.1 Å². The van der Waals surface area contributed by atoms with Crippen molar-refractivity contribution in [3.05, 3.63) is 41.0 Å². The lowest BCUT2D eigenvalue weighted by molar-refractivity contribution is -0.168. The van der Waals surface area contributed by atoms with E-state index in [2.05, 4.69) is 21.9 Å². The smallest absolute Gasteiger partial charge is 0.391 e. The molecule has 2 aromatic heterocycles. The third kappa shape index (κ3) is 3.71. The van der Waals surface area contributed by atoms with Gasteiger partial charge in [-0.1, -0.05) is 13.5 Å². The molecule has 164 valence electrons. The molecule has 0 bridgehead atoms. The van der Waals surface area contributed by atoms with E-state index in [1.54, 1.807) is 6.07 Å². The second-order valence-corrected chi connectivity index (χ2v) is 7.44. The maximum Gasteiger partial charge on any atom is 0.391 e. The van der Waals surface area contributed by atoms with Crippen LogP contribution in [-0.4, -0.2) is 32.1 Å². The van der Waals surface area contributed by atoms with Crippen LogP contribution in [0.3, 0.4) is 0 Å². The number of allylic oxidation sites excluding steroid dienone is 1. The van der Waals surface area contributed by atoms with Gasteiger partial charge in [0.2, 0.25) is 12.7 Å². The summed E-state index contributed by atoms with van der Waals surface area (Å²) in [6.45, 7) is 6.75. The number of benzene rings is 1. The largest absolute Gasteiger partial charge is 0.454 e. The molecule has 0 amide bonds. The third-order valence-corrected chi connectivity index (χ3v) is 5.18. The van der Waals surface area contributed by atoms with Crippen molar-refractivity contribution < 1.29 is 22.6 Å². The van der Waals surface area contributed by atoms with E-state index in [1.165, 1.54) is 17.8 Å². The first-order chi connectivity index (χ1) is 14.6. The minimum Gasteiger partial charge on any atom is -0.454 e. The van der Waals surface area contributed by atoms with Crippen molar-refractivity contribution in [2.24, 2.45) is 13.0 Å². The summed E-state index contributed by atoms with van der Waals surface area (Å²) in [5.41, 5.74) is 1.52. The highest BCUT2D eigenvalue weighted by Crippen LogP contribution is 2.37. The second kappa shape index (κ2) is 7.33. The molecule has 1 N–H and O–H groups in total. The fourth-order valence-corrected chi connectivity index (χ4v) is 3.32. The van der Waals surface area contributed by atoms with Gasteiger partial charge in [0.05, 0.1) is 12.1 Å². The first-order valence-electron chi connectivity index (χ1n) is 9.43. The van der Waals surface area contributed by atoms with Crippen LogP contribution in [0.25, 0.3) is 16.9 Å². The SMILES string of the molecule is C=C(CC(C)C(F)(F)F)n1c(=O)n(C)c2cnc(Nc3cc4c(cc3C)OCO4)nc21. The van der Waals surface area contributed by atoms with E-state index in [1.807, 2.05) is 13.0 Å². The minimum atomic E-state index is -4.39. The van der Waals surface area contributed by atoms with Crippen LogP contribution < -0.4 is 20.5 Å². The van der Waals surface area contributed by atoms with Crippen LogP contribution in [0, 0.1) is 12.8 Å². The van der Waals surface area contributed by atoms with Crippen LogP contribution in [0.1, 0.15) is 18.9 Å². The van der Waals surface area contributed by atoms with Gasteiger partial charge in [-0.2, -0.15) is 18.2 Å². The molecular weight excluding hydrogens is 415 g/mol. The molecule has 1 unspecified atom stereocenters. The van der Waals surface area contributed by atoms with E-state index < -0.39 is 24.2 Å². The van der Waals surface area contributed by atoms with Gasteiger partial charge in [-0.3, -0.25) is 4.57 Å². The summed E-state index contributed by atoms with van der Waals surface area (Å²) in [6, 6.07) is 3.55. The van der Waals surface area contributed by atoms with Gasteiger partial charge in [0.25, 0.3) is 0 Å². The van der Waals surface area contributed by atoms with E-state index in [9.17, 15) is 18.0 Å². The highest BCUT2D eigenvalue weighted by molar-refractivity contribution is 5.77. The van der Waals surface area contributed by atoms with Crippen molar-refractivity contribution in [2.45, 2.75) is 26.4 Å². The zero-order chi connectivity index (χ0) is 22.5. The molecule has 0 fully saturated rings. The van der Waals surface area contributed by atoms with Crippen molar-refractivity contribution >= 4 is 28.5 Å². The number of hydrogen-bond acceptors (Lipinski definition) is 6. The molecule has 0 radical (unpaired) electrons. The number of nitrogens with one attached hydrogen (secondary N) is 1. The van der Waals surface area contributed by atoms with Crippen LogP contribution in [0.4, 0.5) is 24.8 Å². The average molecular weight is 435 g/mol. The van der Waals surface area contributed by atoms with Gasteiger partial charge >= 0.3 is 11.9 Å². The number of anilines is 2. The first kappa shape index (κ1) is 20.8. The zero-order valence-corrected chi connectivity index (χ0v) is 17.1. The summed E-state index contributed by atoms with van der Waals surface area (Å²) < 4.78 is 52.1. The fraction of sp³-hybridized carbons (Fsp3) is 0.350. The van der Waals surface area contributed by atoms with Crippen molar-refractivity contribution in [1.82, 2.24) is 19.1 Å². The summed E-state index contributed by atoms with van der Waals surface area (Å²) in [5, 5.41) is 3.06. The normalized spacial score (nSPS) is 14.1. The predicted octanol–water partition coefficient (Wildman–Crippen LogP) is 3.97. The summed E-state index contributed by atoms with van der Waals surface area (Å²) in [4.78, 5) is 21.3. The number of fused-ring (bicyclic) bond motifs is 2. The molecule has 1 aliphatic rings. The van der Waals surface area contributed by atoms with E-state index in [-0.39, 0.29) is 24.1 Å². The van der Waals surface area contributed by atoms with Gasteiger partial charge in [0.1, 0.15) is 5.52 Å². The van der Waals surface area contributed by atoms with Crippen LogP contribution >= 0.6 is 0 Å². The Labute approximate surface area is 174 Å². The molecule has 1 aliphatic heterocycles. The zero-order valence-electron chi connectivity index (χ0n) is 17.1. The number of aryl methyl sites for hydroxylation is 2. The van der Waals surface area contributed by atoms with Crippen molar-refractivity contribution in [3.8, 4) is 11.5 Å². The summed E-state index contributed by atoms with van der Waals surface area (Å²) in [5.74, 6) is -0.282. The lowest BCUT2D eigenvalue weighted by Gasteiger charge is -2.17. The van der Waals surface area contributed by atoms with E-state index in [0.29, 0.717) is 22.7 Å². The fourth-order valence-electron chi connectivity index (χ4n) is 3.32. The van der Waals surface area contributed by atoms with Crippen LogP contribution in [0.15, 0.2) is 29.7 Å². The van der Waals surface area contributed by atoms with Crippen LogP contribution in [0.5, 0.6) is 11.5 Å². The predicted molar refractivity (Wildman–Crippen MR) is 109 cm³/mol. The third-order valence-electron chi connectivity index (χ3n) is 5.18. The maximum absolute atomic E-state index is 13.0. The van der Waals surface area contributed by atoms with Gasteiger partial charge < -0.3 is 14.8 Å².